The lowest BCUT2D eigenvalue weighted by molar-refractivity contribution is 0.601. The van der Waals surface area contributed by atoms with E-state index in [1.807, 2.05) is 36.4 Å². The summed E-state index contributed by atoms with van der Waals surface area (Å²) in [5, 5.41) is 1.21. The van der Waals surface area contributed by atoms with Crippen molar-refractivity contribution < 1.29 is 13.2 Å². The van der Waals surface area contributed by atoms with Crippen molar-refractivity contribution in [2.45, 2.75) is 30.6 Å². The van der Waals surface area contributed by atoms with Crippen molar-refractivity contribution >= 4 is 45.4 Å². The van der Waals surface area contributed by atoms with E-state index in [-0.39, 0.29) is 32.4 Å². The second-order valence-electron chi connectivity index (χ2n) is 8.22. The van der Waals surface area contributed by atoms with E-state index in [0.29, 0.717) is 0 Å². The van der Waals surface area contributed by atoms with Crippen LogP contribution in [0.15, 0.2) is 72.8 Å². The summed E-state index contributed by atoms with van der Waals surface area (Å²) in [5.74, 6) is -0.742. The molecule has 0 saturated carbocycles. The highest BCUT2D eigenvalue weighted by molar-refractivity contribution is 14.1. The number of benzene rings is 3. The van der Waals surface area contributed by atoms with E-state index in [1.54, 1.807) is 12.1 Å². The first-order valence-corrected chi connectivity index (χ1v) is 17.0. The topological polar surface area (TPSA) is 0 Å². The number of halogens is 4. The summed E-state index contributed by atoms with van der Waals surface area (Å²) >= 11 is 2.46. The average molecular weight is 555 g/mol. The SMILES string of the molecule is C[SiH2]CC(C[Si](C)(CI)c1ccc(F)cc1)(c1ccc(F)cc1)c1ccc(F)cc1. The molecular formula is C24H26F3ISi2. The van der Waals surface area contributed by atoms with Crippen LogP contribution in [0.25, 0.3) is 0 Å². The fourth-order valence-electron chi connectivity index (χ4n) is 4.46. The van der Waals surface area contributed by atoms with Crippen molar-refractivity contribution in [2.75, 3.05) is 4.05 Å². The fourth-order valence-corrected chi connectivity index (χ4v) is 11.9. The van der Waals surface area contributed by atoms with Crippen LogP contribution in [0, 0.1) is 17.5 Å². The smallest absolute Gasteiger partial charge is 0.123 e. The van der Waals surface area contributed by atoms with Gasteiger partial charge in [0.25, 0.3) is 0 Å². The summed E-state index contributed by atoms with van der Waals surface area (Å²) in [5.41, 5.74) is 1.86. The number of alkyl halides is 1. The largest absolute Gasteiger partial charge is 0.207 e. The van der Waals surface area contributed by atoms with Gasteiger partial charge < -0.3 is 0 Å². The predicted molar refractivity (Wildman–Crippen MR) is 134 cm³/mol. The highest BCUT2D eigenvalue weighted by Crippen LogP contribution is 2.43. The van der Waals surface area contributed by atoms with E-state index in [2.05, 4.69) is 35.7 Å². The van der Waals surface area contributed by atoms with Crippen molar-refractivity contribution in [1.29, 1.82) is 0 Å². The first-order chi connectivity index (χ1) is 14.3. The van der Waals surface area contributed by atoms with E-state index in [9.17, 15) is 13.2 Å². The fraction of sp³-hybridized carbons (Fsp3) is 0.250. The van der Waals surface area contributed by atoms with E-state index < -0.39 is 8.07 Å². The zero-order chi connectivity index (χ0) is 21.8. The molecule has 3 rings (SSSR count). The van der Waals surface area contributed by atoms with E-state index >= 15 is 0 Å². The Kier molecular flexibility index (Phi) is 7.63. The number of hydrogen-bond donors (Lipinski definition) is 0. The van der Waals surface area contributed by atoms with E-state index in [4.69, 9.17) is 0 Å². The third kappa shape index (κ3) is 4.91. The van der Waals surface area contributed by atoms with Gasteiger partial charge in [0, 0.05) is 14.9 Å². The van der Waals surface area contributed by atoms with Gasteiger partial charge in [-0.2, -0.15) is 0 Å². The van der Waals surface area contributed by atoms with E-state index in [1.165, 1.54) is 29.5 Å². The molecule has 0 spiro atoms. The molecule has 3 aromatic rings. The zero-order valence-electron chi connectivity index (χ0n) is 17.3. The van der Waals surface area contributed by atoms with Crippen LogP contribution < -0.4 is 5.19 Å². The van der Waals surface area contributed by atoms with Gasteiger partial charge in [0.1, 0.15) is 17.5 Å². The third-order valence-electron chi connectivity index (χ3n) is 6.00. The van der Waals surface area contributed by atoms with Crippen LogP contribution in [-0.4, -0.2) is 21.6 Å². The zero-order valence-corrected chi connectivity index (χ0v) is 21.8. The van der Waals surface area contributed by atoms with Crippen LogP contribution in [0.5, 0.6) is 0 Å². The maximum Gasteiger partial charge on any atom is 0.123 e. The molecule has 0 aliphatic heterocycles. The average Bonchev–Trinajstić information content (AvgIpc) is 2.75. The molecule has 0 saturated heterocycles. The Balaban J connectivity index is 2.19. The quantitative estimate of drug-likeness (QED) is 0.183. The summed E-state index contributed by atoms with van der Waals surface area (Å²) in [6, 6.07) is 22.5. The molecular weight excluding hydrogens is 528 g/mol. The molecule has 6 heteroatoms. The molecule has 3 aromatic carbocycles. The molecule has 158 valence electrons. The molecule has 0 radical (unpaired) electrons. The van der Waals surface area contributed by atoms with Gasteiger partial charge in [-0.25, -0.2) is 13.2 Å². The predicted octanol–water partition coefficient (Wildman–Crippen LogP) is 5.99. The van der Waals surface area contributed by atoms with Gasteiger partial charge in [-0.15, -0.1) is 0 Å². The van der Waals surface area contributed by atoms with Crippen LogP contribution in [-0.2, 0) is 5.41 Å². The lowest BCUT2D eigenvalue weighted by atomic mass is 9.77. The molecule has 0 fully saturated rings. The molecule has 1 unspecified atom stereocenters. The molecule has 0 aliphatic rings. The van der Waals surface area contributed by atoms with Gasteiger partial charge in [0.15, 0.2) is 0 Å². The first-order valence-electron chi connectivity index (χ1n) is 10.2. The van der Waals surface area contributed by atoms with Crippen molar-refractivity contribution in [3.63, 3.8) is 0 Å². The molecule has 0 bridgehead atoms. The van der Waals surface area contributed by atoms with Crippen LogP contribution in [0.1, 0.15) is 11.1 Å². The van der Waals surface area contributed by atoms with Gasteiger partial charge in [0.05, 0.1) is 8.07 Å². The highest BCUT2D eigenvalue weighted by Gasteiger charge is 2.42. The highest BCUT2D eigenvalue weighted by atomic mass is 127. The summed E-state index contributed by atoms with van der Waals surface area (Å²) in [4.78, 5) is 0. The van der Waals surface area contributed by atoms with Gasteiger partial charge >= 0.3 is 0 Å². The lowest BCUT2D eigenvalue weighted by Crippen LogP contribution is -2.52. The first kappa shape index (κ1) is 23.3. The van der Waals surface area contributed by atoms with Gasteiger partial charge in [-0.3, -0.25) is 0 Å². The minimum Gasteiger partial charge on any atom is -0.207 e. The summed E-state index contributed by atoms with van der Waals surface area (Å²) in [6.45, 7) is 4.62. The molecule has 0 heterocycles. The Morgan fingerprint density at radius 2 is 1.17 bits per heavy atom. The summed E-state index contributed by atoms with van der Waals surface area (Å²) in [6.07, 6.45) is 0. The van der Waals surface area contributed by atoms with Gasteiger partial charge in [-0.1, -0.05) is 77.3 Å². The maximum atomic E-state index is 13.8. The van der Waals surface area contributed by atoms with Crippen molar-refractivity contribution in [1.82, 2.24) is 0 Å². The Hall–Kier alpha value is -1.39. The van der Waals surface area contributed by atoms with Crippen molar-refractivity contribution in [2.24, 2.45) is 0 Å². The number of rotatable bonds is 8. The third-order valence-corrected chi connectivity index (χ3v) is 16.1. The van der Waals surface area contributed by atoms with Crippen LogP contribution in [0.3, 0.4) is 0 Å². The van der Waals surface area contributed by atoms with Gasteiger partial charge in [0.2, 0.25) is 0 Å². The number of hydrogen-bond acceptors (Lipinski definition) is 0. The standard InChI is InChI=1S/C24H26F3ISi2/c1-29-15-24(18-3-7-20(25)8-4-18,19-5-9-21(26)10-6-19)16-30(2,17-28)23-13-11-22(27)12-14-23/h3-14H,15-17,29H2,1-2H3. The van der Waals surface area contributed by atoms with Crippen molar-refractivity contribution in [3.05, 3.63) is 101 Å². The monoisotopic (exact) mass is 554 g/mol. The normalized spacial score (nSPS) is 14.2. The lowest BCUT2D eigenvalue weighted by Gasteiger charge is -2.42. The van der Waals surface area contributed by atoms with Crippen LogP contribution >= 0.6 is 22.6 Å². The second kappa shape index (κ2) is 9.83. The maximum absolute atomic E-state index is 13.8. The van der Waals surface area contributed by atoms with E-state index in [0.717, 1.165) is 27.3 Å². The molecule has 0 amide bonds. The summed E-state index contributed by atoms with van der Waals surface area (Å²) < 4.78 is 42.1. The second-order valence-corrected chi connectivity index (χ2v) is 16.3. The van der Waals surface area contributed by atoms with Crippen LogP contribution in [0.2, 0.25) is 25.2 Å². The minimum absolute atomic E-state index is 0.229. The van der Waals surface area contributed by atoms with Crippen LogP contribution in [0.4, 0.5) is 13.2 Å². The molecule has 0 aromatic heterocycles. The van der Waals surface area contributed by atoms with Crippen molar-refractivity contribution in [3.8, 4) is 0 Å². The Morgan fingerprint density at radius 3 is 1.53 bits per heavy atom. The van der Waals surface area contributed by atoms with Gasteiger partial charge in [-0.05, 0) is 63.7 Å². The molecule has 1 atom stereocenters. The molecule has 0 aliphatic carbocycles. The minimum atomic E-state index is -2.03. The molecule has 0 nitrogen and oxygen atoms in total. The Labute approximate surface area is 193 Å². The Morgan fingerprint density at radius 1 is 0.767 bits per heavy atom. The summed E-state index contributed by atoms with van der Waals surface area (Å²) in [7, 11) is -2.42. The molecule has 30 heavy (non-hydrogen) atoms. The molecule has 0 N–H and O–H groups in total. The Bertz CT molecular complexity index is 914.